The Hall–Kier alpha value is -4.96. The molecule has 0 saturated carbocycles. The van der Waals surface area contributed by atoms with Gasteiger partial charge in [-0.1, -0.05) is 43.3 Å². The third kappa shape index (κ3) is 6.65. The number of ether oxygens (including phenoxy) is 1. The third-order valence-electron chi connectivity index (χ3n) is 7.83. The van der Waals surface area contributed by atoms with Gasteiger partial charge in [-0.2, -0.15) is 0 Å². The van der Waals surface area contributed by atoms with E-state index in [4.69, 9.17) is 9.72 Å². The van der Waals surface area contributed by atoms with Crippen molar-refractivity contribution in [2.45, 2.75) is 13.3 Å². The monoisotopic (exact) mass is 596 g/mol. The lowest BCUT2D eigenvalue weighted by molar-refractivity contribution is 0.200. The van der Waals surface area contributed by atoms with Gasteiger partial charge in [-0.3, -0.25) is 4.90 Å². The van der Waals surface area contributed by atoms with Crippen molar-refractivity contribution in [1.82, 2.24) is 14.9 Å². The molecule has 6 rings (SSSR count). The Morgan fingerprint density at radius 3 is 2.30 bits per heavy atom. The van der Waals surface area contributed by atoms with E-state index in [1.165, 1.54) is 11.6 Å². The number of carbonyl (C=O) groups is 1. The van der Waals surface area contributed by atoms with Crippen LogP contribution in [0.15, 0.2) is 84.9 Å². The van der Waals surface area contributed by atoms with Crippen LogP contribution < -0.4 is 20.3 Å². The quantitative estimate of drug-likeness (QED) is 0.172. The number of anilines is 3. The van der Waals surface area contributed by atoms with Crippen LogP contribution in [0.4, 0.5) is 30.6 Å². The SMILES string of the molecule is CCc1ccc(-c2nc3c(N4CCN(CCOc5ccc(NC(=O)Nc6c(F)cccc6F)cc5)CC4)cccc3[nH]2)cc1. The fourth-order valence-electron chi connectivity index (χ4n) is 5.34. The van der Waals surface area contributed by atoms with Crippen LogP contribution >= 0.6 is 0 Å². The van der Waals surface area contributed by atoms with Crippen molar-refractivity contribution in [3.05, 3.63) is 102 Å². The molecule has 0 atom stereocenters. The standard InChI is InChI=1S/C34H34F2N6O2/c1-2-23-9-11-24(12-10-23)33-38-29-7-4-8-30(32(29)39-33)42-19-17-41(18-20-42)21-22-44-26-15-13-25(14-16-26)37-34(43)40-31-27(35)5-3-6-28(31)36/h3-16H,2,17-22H2,1H3,(H,38,39)(H2,37,40,43). The summed E-state index contributed by atoms with van der Waals surface area (Å²) < 4.78 is 33.5. The summed E-state index contributed by atoms with van der Waals surface area (Å²) >= 11 is 0. The molecule has 1 aliphatic heterocycles. The number of amides is 2. The van der Waals surface area contributed by atoms with E-state index in [0.29, 0.717) is 18.0 Å². The molecule has 4 aromatic carbocycles. The summed E-state index contributed by atoms with van der Waals surface area (Å²) in [5, 5.41) is 4.76. The van der Waals surface area contributed by atoms with Crippen molar-refractivity contribution >= 4 is 34.1 Å². The Balaban J connectivity index is 0.973. The van der Waals surface area contributed by atoms with E-state index in [-0.39, 0.29) is 0 Å². The average Bonchev–Trinajstić information content (AvgIpc) is 3.49. The fraction of sp³-hybridized carbons (Fsp3) is 0.235. The molecule has 0 radical (unpaired) electrons. The summed E-state index contributed by atoms with van der Waals surface area (Å²) in [6, 6.07) is 24.3. The highest BCUT2D eigenvalue weighted by molar-refractivity contribution is 6.00. The predicted molar refractivity (Wildman–Crippen MR) is 170 cm³/mol. The van der Waals surface area contributed by atoms with E-state index in [1.807, 2.05) is 0 Å². The zero-order valence-electron chi connectivity index (χ0n) is 24.4. The van der Waals surface area contributed by atoms with Gasteiger partial charge in [-0.25, -0.2) is 18.6 Å². The number of fused-ring (bicyclic) bond motifs is 1. The van der Waals surface area contributed by atoms with Gasteiger partial charge in [0, 0.05) is 44.0 Å². The van der Waals surface area contributed by atoms with Gasteiger partial charge < -0.3 is 25.3 Å². The van der Waals surface area contributed by atoms with Gasteiger partial charge in [-0.05, 0) is 60.5 Å². The second kappa shape index (κ2) is 13.1. The number of piperazine rings is 1. The van der Waals surface area contributed by atoms with Crippen LogP contribution in [0.2, 0.25) is 0 Å². The molecule has 3 N–H and O–H groups in total. The fourth-order valence-corrected chi connectivity index (χ4v) is 5.34. The maximum absolute atomic E-state index is 13.8. The topological polar surface area (TPSA) is 85.5 Å². The first-order valence-electron chi connectivity index (χ1n) is 14.8. The van der Waals surface area contributed by atoms with Crippen LogP contribution in [-0.4, -0.2) is 60.2 Å². The molecule has 1 aromatic heterocycles. The normalized spacial score (nSPS) is 13.7. The van der Waals surface area contributed by atoms with Crippen molar-refractivity contribution in [2.24, 2.45) is 0 Å². The van der Waals surface area contributed by atoms with Crippen molar-refractivity contribution in [1.29, 1.82) is 0 Å². The van der Waals surface area contributed by atoms with Gasteiger partial charge in [0.25, 0.3) is 0 Å². The van der Waals surface area contributed by atoms with Gasteiger partial charge in [0.2, 0.25) is 0 Å². The molecule has 0 spiro atoms. The van der Waals surface area contributed by atoms with E-state index in [1.54, 1.807) is 24.3 Å². The molecular formula is C34H34F2N6O2. The Morgan fingerprint density at radius 1 is 0.886 bits per heavy atom. The van der Waals surface area contributed by atoms with Gasteiger partial charge >= 0.3 is 6.03 Å². The van der Waals surface area contributed by atoms with Crippen molar-refractivity contribution in [2.75, 3.05) is 54.9 Å². The summed E-state index contributed by atoms with van der Waals surface area (Å²) in [7, 11) is 0. The number of aryl methyl sites for hydroxylation is 1. The van der Waals surface area contributed by atoms with Crippen molar-refractivity contribution < 1.29 is 18.3 Å². The number of nitrogens with zero attached hydrogens (tertiary/aromatic N) is 3. The minimum Gasteiger partial charge on any atom is -0.492 e. The van der Waals surface area contributed by atoms with Gasteiger partial charge in [0.05, 0.1) is 11.2 Å². The predicted octanol–water partition coefficient (Wildman–Crippen LogP) is 6.92. The van der Waals surface area contributed by atoms with Crippen molar-refractivity contribution in [3.8, 4) is 17.1 Å². The van der Waals surface area contributed by atoms with Gasteiger partial charge in [0.15, 0.2) is 0 Å². The lowest BCUT2D eigenvalue weighted by Gasteiger charge is -2.36. The number of H-pyrrole nitrogens is 1. The van der Waals surface area contributed by atoms with E-state index < -0.39 is 23.4 Å². The molecule has 2 amide bonds. The van der Waals surface area contributed by atoms with Crippen LogP contribution in [-0.2, 0) is 6.42 Å². The number of aromatic amines is 1. The maximum atomic E-state index is 13.8. The summed E-state index contributed by atoms with van der Waals surface area (Å²) in [5.41, 5.74) is 5.55. The average molecular weight is 597 g/mol. The first kappa shape index (κ1) is 29.1. The number of imidazole rings is 1. The van der Waals surface area contributed by atoms with Gasteiger partial charge in [0.1, 0.15) is 41.0 Å². The minimum atomic E-state index is -0.844. The highest BCUT2D eigenvalue weighted by atomic mass is 19.1. The molecule has 1 aliphatic rings. The Labute approximate surface area is 254 Å². The van der Waals surface area contributed by atoms with E-state index in [0.717, 1.165) is 79.4 Å². The molecule has 1 saturated heterocycles. The third-order valence-corrected chi connectivity index (χ3v) is 7.83. The molecule has 44 heavy (non-hydrogen) atoms. The van der Waals surface area contributed by atoms with Crippen LogP contribution in [0.5, 0.6) is 5.75 Å². The number of hydrogen-bond donors (Lipinski definition) is 3. The molecule has 2 heterocycles. The smallest absolute Gasteiger partial charge is 0.323 e. The molecule has 0 bridgehead atoms. The highest BCUT2D eigenvalue weighted by Crippen LogP contribution is 2.29. The number of hydrogen-bond acceptors (Lipinski definition) is 5. The molecule has 10 heteroatoms. The molecule has 226 valence electrons. The molecule has 0 aliphatic carbocycles. The van der Waals surface area contributed by atoms with E-state index >= 15 is 0 Å². The summed E-state index contributed by atoms with van der Waals surface area (Å²) in [4.78, 5) is 25.4. The summed E-state index contributed by atoms with van der Waals surface area (Å²) in [6.45, 7) is 7.08. The maximum Gasteiger partial charge on any atom is 0.323 e. The molecule has 5 aromatic rings. The number of rotatable bonds is 9. The molecule has 8 nitrogen and oxygen atoms in total. The Morgan fingerprint density at radius 2 is 1.59 bits per heavy atom. The van der Waals surface area contributed by atoms with Crippen LogP contribution in [0.25, 0.3) is 22.4 Å². The summed E-state index contributed by atoms with van der Waals surface area (Å²) in [6.07, 6.45) is 1.01. The number of aromatic nitrogens is 2. The first-order chi connectivity index (χ1) is 21.5. The van der Waals surface area contributed by atoms with E-state index in [9.17, 15) is 13.6 Å². The number of halogens is 2. The second-order valence-electron chi connectivity index (χ2n) is 10.7. The van der Waals surface area contributed by atoms with Crippen LogP contribution in [0, 0.1) is 11.6 Å². The van der Waals surface area contributed by atoms with Crippen LogP contribution in [0.1, 0.15) is 12.5 Å². The zero-order chi connectivity index (χ0) is 30.5. The number of nitrogens with one attached hydrogen (secondary N) is 3. The highest BCUT2D eigenvalue weighted by Gasteiger charge is 2.20. The molecule has 0 unspecified atom stereocenters. The number of para-hydroxylation sites is 2. The molecular weight excluding hydrogens is 562 g/mol. The summed E-state index contributed by atoms with van der Waals surface area (Å²) in [5.74, 6) is -0.137. The minimum absolute atomic E-state index is 0.469. The van der Waals surface area contributed by atoms with Crippen LogP contribution in [0.3, 0.4) is 0 Å². The second-order valence-corrected chi connectivity index (χ2v) is 10.7. The lowest BCUT2D eigenvalue weighted by atomic mass is 10.1. The number of carbonyl (C=O) groups excluding carboxylic acids is 1. The zero-order valence-corrected chi connectivity index (χ0v) is 24.4. The van der Waals surface area contributed by atoms with Gasteiger partial charge in [-0.15, -0.1) is 0 Å². The number of urea groups is 1. The largest absolute Gasteiger partial charge is 0.492 e. The van der Waals surface area contributed by atoms with E-state index in [2.05, 4.69) is 74.8 Å². The first-order valence-corrected chi connectivity index (χ1v) is 14.8. The number of benzene rings is 4. The molecule has 1 fully saturated rings. The lowest BCUT2D eigenvalue weighted by Crippen LogP contribution is -2.47. The Bertz CT molecular complexity index is 1710. The Kier molecular flexibility index (Phi) is 8.69. The van der Waals surface area contributed by atoms with Crippen molar-refractivity contribution in [3.63, 3.8) is 0 Å².